The number of aromatic hydroxyl groups is 1. The molecule has 2 aliphatic heterocycles. The Hall–Kier alpha value is -2.80. The summed E-state index contributed by atoms with van der Waals surface area (Å²) in [5.74, 6) is 2.97. The predicted octanol–water partition coefficient (Wildman–Crippen LogP) is 2.56. The smallest absolute Gasteiger partial charge is 0.231 e. The SMILES string of the molecule is COc1cc2c(c(O)c1OC)CC1NCCc3c(OC)c4c(c-2c31)OCO4. The molecule has 0 radical (unpaired) electrons. The Labute approximate surface area is 156 Å². The van der Waals surface area contributed by atoms with E-state index in [0.29, 0.717) is 29.4 Å². The van der Waals surface area contributed by atoms with Gasteiger partial charge in [0.1, 0.15) is 0 Å². The Morgan fingerprint density at radius 2 is 1.81 bits per heavy atom. The summed E-state index contributed by atoms with van der Waals surface area (Å²) < 4.78 is 28.1. The summed E-state index contributed by atoms with van der Waals surface area (Å²) in [5.41, 5.74) is 4.93. The van der Waals surface area contributed by atoms with Crippen LogP contribution in [0.2, 0.25) is 0 Å². The summed E-state index contributed by atoms with van der Waals surface area (Å²) >= 11 is 0. The van der Waals surface area contributed by atoms with Gasteiger partial charge in [-0.05, 0) is 36.6 Å². The number of nitrogens with one attached hydrogen (secondary N) is 1. The van der Waals surface area contributed by atoms with E-state index in [1.54, 1.807) is 14.2 Å². The largest absolute Gasteiger partial charge is 0.504 e. The van der Waals surface area contributed by atoms with Crippen molar-refractivity contribution in [1.29, 1.82) is 0 Å². The molecule has 0 saturated heterocycles. The first-order valence-corrected chi connectivity index (χ1v) is 8.92. The highest BCUT2D eigenvalue weighted by atomic mass is 16.7. The van der Waals surface area contributed by atoms with E-state index in [4.69, 9.17) is 23.7 Å². The first-order chi connectivity index (χ1) is 13.2. The lowest BCUT2D eigenvalue weighted by molar-refractivity contribution is 0.171. The molecule has 2 N–H and O–H groups in total. The first kappa shape index (κ1) is 16.4. The minimum Gasteiger partial charge on any atom is -0.504 e. The van der Waals surface area contributed by atoms with Crippen LogP contribution in [0.25, 0.3) is 11.1 Å². The van der Waals surface area contributed by atoms with Crippen LogP contribution in [0.15, 0.2) is 6.07 Å². The lowest BCUT2D eigenvalue weighted by atomic mass is 9.76. The molecule has 1 unspecified atom stereocenters. The Kier molecular flexibility index (Phi) is 3.55. The predicted molar refractivity (Wildman–Crippen MR) is 97.5 cm³/mol. The lowest BCUT2D eigenvalue weighted by Gasteiger charge is -2.36. The maximum Gasteiger partial charge on any atom is 0.231 e. The Bertz CT molecular complexity index is 955. The molecule has 0 aromatic heterocycles. The molecule has 5 rings (SSSR count). The third kappa shape index (κ3) is 2.06. The van der Waals surface area contributed by atoms with Gasteiger partial charge in [-0.1, -0.05) is 0 Å². The summed E-state index contributed by atoms with van der Waals surface area (Å²) in [5, 5.41) is 14.5. The monoisotopic (exact) mass is 371 g/mol. The molecule has 0 amide bonds. The number of benzene rings is 2. The zero-order valence-electron chi connectivity index (χ0n) is 15.5. The average molecular weight is 371 g/mol. The van der Waals surface area contributed by atoms with Crippen LogP contribution in [0.1, 0.15) is 22.7 Å². The van der Waals surface area contributed by atoms with Crippen LogP contribution in [0.3, 0.4) is 0 Å². The van der Waals surface area contributed by atoms with Gasteiger partial charge >= 0.3 is 0 Å². The van der Waals surface area contributed by atoms with Crippen LogP contribution in [-0.4, -0.2) is 39.8 Å². The van der Waals surface area contributed by atoms with E-state index in [0.717, 1.165) is 46.5 Å². The second-order valence-electron chi connectivity index (χ2n) is 6.81. The molecular weight excluding hydrogens is 350 g/mol. The van der Waals surface area contributed by atoms with Crippen LogP contribution >= 0.6 is 0 Å². The fourth-order valence-corrected chi connectivity index (χ4v) is 4.58. The van der Waals surface area contributed by atoms with E-state index in [9.17, 15) is 5.11 Å². The van der Waals surface area contributed by atoms with E-state index < -0.39 is 0 Å². The fraction of sp³-hybridized carbons (Fsp3) is 0.400. The van der Waals surface area contributed by atoms with Crippen molar-refractivity contribution in [2.75, 3.05) is 34.7 Å². The summed E-state index contributed by atoms with van der Waals surface area (Å²) in [7, 11) is 4.75. The molecule has 2 aromatic rings. The summed E-state index contributed by atoms with van der Waals surface area (Å²) in [6.45, 7) is 0.977. The molecule has 1 aliphatic carbocycles. The van der Waals surface area contributed by atoms with Crippen molar-refractivity contribution in [2.45, 2.75) is 18.9 Å². The van der Waals surface area contributed by atoms with Crippen LogP contribution in [-0.2, 0) is 12.8 Å². The van der Waals surface area contributed by atoms with E-state index in [1.165, 1.54) is 7.11 Å². The molecule has 0 fully saturated rings. The number of hydrogen-bond acceptors (Lipinski definition) is 7. The van der Waals surface area contributed by atoms with Crippen molar-refractivity contribution in [3.05, 3.63) is 22.8 Å². The van der Waals surface area contributed by atoms with Crippen molar-refractivity contribution in [2.24, 2.45) is 0 Å². The van der Waals surface area contributed by atoms with Gasteiger partial charge in [0.05, 0.1) is 21.3 Å². The van der Waals surface area contributed by atoms with E-state index >= 15 is 0 Å². The van der Waals surface area contributed by atoms with Crippen molar-refractivity contribution < 1.29 is 28.8 Å². The molecule has 27 heavy (non-hydrogen) atoms. The van der Waals surface area contributed by atoms with E-state index in [1.807, 2.05) is 6.07 Å². The Morgan fingerprint density at radius 1 is 1.04 bits per heavy atom. The first-order valence-electron chi connectivity index (χ1n) is 8.92. The van der Waals surface area contributed by atoms with Gasteiger partial charge in [-0.2, -0.15) is 0 Å². The fourth-order valence-electron chi connectivity index (χ4n) is 4.58. The van der Waals surface area contributed by atoms with Crippen LogP contribution < -0.4 is 29.0 Å². The Balaban J connectivity index is 1.89. The van der Waals surface area contributed by atoms with Gasteiger partial charge in [-0.25, -0.2) is 0 Å². The van der Waals surface area contributed by atoms with Gasteiger partial charge in [0.25, 0.3) is 0 Å². The highest BCUT2D eigenvalue weighted by molar-refractivity contribution is 5.89. The standard InChI is InChI=1S/C20H21NO6/c1-23-13-7-10-11(16(22)18(13)25-3)6-12-14-9(4-5-21-12)17(24-2)20-19(15(10)14)26-8-27-20/h7,12,21-22H,4-6,8H2,1-3H3. The van der Waals surface area contributed by atoms with Crippen LogP contribution in [0.5, 0.6) is 34.5 Å². The summed E-state index contributed by atoms with van der Waals surface area (Å²) in [6, 6.07) is 1.96. The topological polar surface area (TPSA) is 78.4 Å². The molecule has 0 spiro atoms. The number of fused-ring (bicyclic) bond motifs is 4. The number of phenols is 1. The number of hydrogen-bond donors (Lipinski definition) is 2. The summed E-state index contributed by atoms with van der Waals surface area (Å²) in [6.07, 6.45) is 1.48. The van der Waals surface area contributed by atoms with Crippen molar-refractivity contribution in [3.63, 3.8) is 0 Å². The zero-order chi connectivity index (χ0) is 18.7. The molecule has 7 nitrogen and oxygen atoms in total. The molecule has 2 aromatic carbocycles. The van der Waals surface area contributed by atoms with Crippen molar-refractivity contribution in [1.82, 2.24) is 5.32 Å². The van der Waals surface area contributed by atoms with Crippen LogP contribution in [0.4, 0.5) is 0 Å². The number of phenolic OH excluding ortho intramolecular Hbond substituents is 1. The molecular formula is C20H21NO6. The highest BCUT2D eigenvalue weighted by Gasteiger charge is 2.40. The maximum absolute atomic E-state index is 10.9. The quantitative estimate of drug-likeness (QED) is 0.858. The van der Waals surface area contributed by atoms with Crippen molar-refractivity contribution in [3.8, 4) is 45.6 Å². The van der Waals surface area contributed by atoms with Gasteiger partial charge in [0.2, 0.25) is 18.3 Å². The second-order valence-corrected chi connectivity index (χ2v) is 6.81. The highest BCUT2D eigenvalue weighted by Crippen LogP contribution is 2.59. The van der Waals surface area contributed by atoms with Gasteiger partial charge in [-0.3, -0.25) is 0 Å². The number of rotatable bonds is 3. The van der Waals surface area contributed by atoms with Crippen LogP contribution in [0, 0.1) is 0 Å². The third-order valence-corrected chi connectivity index (χ3v) is 5.66. The van der Waals surface area contributed by atoms with Gasteiger partial charge in [-0.15, -0.1) is 0 Å². The van der Waals surface area contributed by atoms with E-state index in [2.05, 4.69) is 5.32 Å². The number of methoxy groups -OCH3 is 3. The maximum atomic E-state index is 10.9. The normalized spacial score (nSPS) is 18.6. The molecule has 2 heterocycles. The number of ether oxygens (including phenoxy) is 5. The van der Waals surface area contributed by atoms with Gasteiger partial charge in [0.15, 0.2) is 23.0 Å². The molecule has 1 atom stereocenters. The minimum atomic E-state index is 0.0589. The van der Waals surface area contributed by atoms with Gasteiger partial charge in [0, 0.05) is 22.7 Å². The minimum absolute atomic E-state index is 0.0589. The van der Waals surface area contributed by atoms with E-state index in [-0.39, 0.29) is 18.6 Å². The lowest BCUT2D eigenvalue weighted by Crippen LogP contribution is -2.34. The average Bonchev–Trinajstić information content (AvgIpc) is 3.17. The summed E-state index contributed by atoms with van der Waals surface area (Å²) in [4.78, 5) is 0. The van der Waals surface area contributed by atoms with Crippen molar-refractivity contribution >= 4 is 0 Å². The second kappa shape index (κ2) is 5.85. The Morgan fingerprint density at radius 3 is 2.56 bits per heavy atom. The molecule has 0 bridgehead atoms. The molecule has 142 valence electrons. The molecule has 3 aliphatic rings. The van der Waals surface area contributed by atoms with Gasteiger partial charge < -0.3 is 34.1 Å². The zero-order valence-corrected chi connectivity index (χ0v) is 15.5. The third-order valence-electron chi connectivity index (χ3n) is 5.66. The molecule has 0 saturated carbocycles. The molecule has 7 heteroatoms.